The number of hydrogen-bond donors (Lipinski definition) is 1. The number of aromatic nitrogens is 2. The summed E-state index contributed by atoms with van der Waals surface area (Å²) in [7, 11) is 0. The fourth-order valence-corrected chi connectivity index (χ4v) is 4.32. The molecule has 0 saturated carbocycles. The lowest BCUT2D eigenvalue weighted by molar-refractivity contribution is 0.103. The number of ketones is 1. The minimum Gasteiger partial charge on any atom is -0.302 e. The lowest BCUT2D eigenvalue weighted by atomic mass is 9.71. The van der Waals surface area contributed by atoms with Crippen LogP contribution in [-0.2, 0) is 18.4 Å². The van der Waals surface area contributed by atoms with Crippen LogP contribution >= 0.6 is 11.6 Å². The van der Waals surface area contributed by atoms with Crippen molar-refractivity contribution in [1.29, 1.82) is 0 Å². The smallest absolute Gasteiger partial charge is 0.277 e. The number of aromatic amines is 1. The quantitative estimate of drug-likeness (QED) is 0.854. The molecule has 0 atom stereocenters. The van der Waals surface area contributed by atoms with Crippen LogP contribution < -0.4 is 5.56 Å². The Morgan fingerprint density at radius 3 is 2.71 bits per heavy atom. The molecule has 0 fully saturated rings. The van der Waals surface area contributed by atoms with Crippen molar-refractivity contribution in [1.82, 2.24) is 9.78 Å². The summed E-state index contributed by atoms with van der Waals surface area (Å²) in [6.45, 7) is 8.71. The summed E-state index contributed by atoms with van der Waals surface area (Å²) in [5, 5.41) is 3.34. The number of nitrogens with one attached hydrogen (secondary N) is 1. The van der Waals surface area contributed by atoms with E-state index in [1.54, 1.807) is 0 Å². The highest BCUT2D eigenvalue weighted by Gasteiger charge is 2.33. The molecule has 1 heterocycles. The number of aryl methyl sites for hydroxylation is 2. The van der Waals surface area contributed by atoms with Gasteiger partial charge in [0.05, 0.1) is 5.02 Å². The minimum absolute atomic E-state index is 0.0620. The number of carbonyl (C=O) groups excluding carboxylic acids is 1. The van der Waals surface area contributed by atoms with E-state index >= 15 is 0 Å². The molecule has 0 amide bonds. The highest BCUT2D eigenvalue weighted by molar-refractivity contribution is 6.36. The molecule has 2 aromatic rings. The number of rotatable bonds is 3. The van der Waals surface area contributed by atoms with Gasteiger partial charge in [-0.15, -0.1) is 0 Å². The normalized spacial score (nSPS) is 16.0. The van der Waals surface area contributed by atoms with Crippen LogP contribution in [0.4, 0.5) is 0 Å². The molecule has 0 spiro atoms. The van der Waals surface area contributed by atoms with E-state index in [4.69, 9.17) is 11.6 Å². The number of carbonyl (C=O) groups is 1. The average Bonchev–Trinajstić information content (AvgIpc) is 2.90. The van der Waals surface area contributed by atoms with E-state index in [0.29, 0.717) is 17.1 Å². The van der Waals surface area contributed by atoms with Gasteiger partial charge in [0.15, 0.2) is 0 Å². The molecule has 1 aliphatic rings. The van der Waals surface area contributed by atoms with Crippen LogP contribution in [0.3, 0.4) is 0 Å². The Kier molecular flexibility index (Phi) is 4.20. The van der Waals surface area contributed by atoms with E-state index in [0.717, 1.165) is 30.4 Å². The molecular weight excluding hydrogens is 324 g/mol. The van der Waals surface area contributed by atoms with Crippen LogP contribution in [0.5, 0.6) is 0 Å². The van der Waals surface area contributed by atoms with E-state index in [1.165, 1.54) is 16.4 Å². The molecule has 3 rings (SSSR count). The van der Waals surface area contributed by atoms with Gasteiger partial charge in [-0.1, -0.05) is 25.4 Å². The van der Waals surface area contributed by atoms with Crippen LogP contribution in [0.1, 0.15) is 66.2 Å². The van der Waals surface area contributed by atoms with Crippen molar-refractivity contribution >= 4 is 17.4 Å². The van der Waals surface area contributed by atoms with Gasteiger partial charge in [-0.3, -0.25) is 14.3 Å². The first-order valence-electron chi connectivity index (χ1n) is 8.43. The summed E-state index contributed by atoms with van der Waals surface area (Å²) in [5.74, 6) is -0.305. The molecule has 1 aromatic heterocycles. The first kappa shape index (κ1) is 17.0. The van der Waals surface area contributed by atoms with Crippen LogP contribution in [0.2, 0.25) is 5.02 Å². The molecule has 128 valence electrons. The van der Waals surface area contributed by atoms with Crippen LogP contribution in [-0.4, -0.2) is 15.6 Å². The molecule has 0 unspecified atom stereocenters. The van der Waals surface area contributed by atoms with Gasteiger partial charge in [-0.25, -0.2) is 0 Å². The molecule has 0 bridgehead atoms. The monoisotopic (exact) mass is 346 g/mol. The second-order valence-electron chi connectivity index (χ2n) is 7.21. The van der Waals surface area contributed by atoms with Gasteiger partial charge >= 0.3 is 0 Å². The third-order valence-electron chi connectivity index (χ3n) is 5.15. The van der Waals surface area contributed by atoms with E-state index in [-0.39, 0.29) is 22.3 Å². The maximum atomic E-state index is 12.9. The Labute approximate surface area is 146 Å². The number of benzene rings is 1. The maximum Gasteiger partial charge on any atom is 0.277 e. The summed E-state index contributed by atoms with van der Waals surface area (Å²) < 4.78 is 1.41. The Hall–Kier alpha value is -1.81. The first-order valence-corrected chi connectivity index (χ1v) is 8.81. The third kappa shape index (κ3) is 2.53. The van der Waals surface area contributed by atoms with Gasteiger partial charge < -0.3 is 5.10 Å². The largest absolute Gasteiger partial charge is 0.302 e. The Bertz CT molecular complexity index is 874. The number of fused-ring (bicyclic) bond motifs is 1. The SMILES string of the molecule is CCn1[nH]cc(C(=O)c2cc(C)c3c(c2Cl)C(C)(C)CCC3)c1=O. The summed E-state index contributed by atoms with van der Waals surface area (Å²) in [6, 6.07) is 1.84. The molecule has 1 aromatic carbocycles. The molecule has 0 radical (unpaired) electrons. The fourth-order valence-electron chi connectivity index (χ4n) is 3.81. The zero-order valence-electron chi connectivity index (χ0n) is 14.6. The van der Waals surface area contributed by atoms with Crippen molar-refractivity contribution in [3.63, 3.8) is 0 Å². The van der Waals surface area contributed by atoms with E-state index in [1.807, 2.05) is 19.9 Å². The molecule has 0 saturated heterocycles. The van der Waals surface area contributed by atoms with Gasteiger partial charge in [0.1, 0.15) is 5.56 Å². The molecule has 0 aliphatic heterocycles. The topological polar surface area (TPSA) is 54.9 Å². The van der Waals surface area contributed by atoms with Gasteiger partial charge in [-0.05, 0) is 61.3 Å². The standard InChI is InChI=1S/C19H23ClN2O2/c1-5-22-18(24)14(10-21-22)17(23)13-9-11(2)12-7-6-8-19(3,4)15(12)16(13)20/h9-10,21H,5-8H2,1-4H3. The Morgan fingerprint density at radius 2 is 2.08 bits per heavy atom. The predicted octanol–water partition coefficient (Wildman–Crippen LogP) is 4.00. The van der Waals surface area contributed by atoms with E-state index in [2.05, 4.69) is 18.9 Å². The summed E-state index contributed by atoms with van der Waals surface area (Å²) >= 11 is 6.68. The Morgan fingerprint density at radius 1 is 1.38 bits per heavy atom. The zero-order valence-corrected chi connectivity index (χ0v) is 15.4. The lowest BCUT2D eigenvalue weighted by Crippen LogP contribution is -2.27. The van der Waals surface area contributed by atoms with Crippen molar-refractivity contribution in [2.45, 2.75) is 58.9 Å². The third-order valence-corrected chi connectivity index (χ3v) is 5.54. The highest BCUT2D eigenvalue weighted by Crippen LogP contribution is 2.43. The predicted molar refractivity (Wildman–Crippen MR) is 96.3 cm³/mol. The lowest BCUT2D eigenvalue weighted by Gasteiger charge is -2.35. The molecule has 1 aliphatic carbocycles. The number of halogens is 1. The molecule has 4 nitrogen and oxygen atoms in total. The Balaban J connectivity index is 2.19. The molecule has 24 heavy (non-hydrogen) atoms. The molecular formula is C19H23ClN2O2. The van der Waals surface area contributed by atoms with Crippen molar-refractivity contribution in [2.75, 3.05) is 0 Å². The highest BCUT2D eigenvalue weighted by atomic mass is 35.5. The maximum absolute atomic E-state index is 12.9. The summed E-state index contributed by atoms with van der Waals surface area (Å²) in [6.07, 6.45) is 4.64. The minimum atomic E-state index is -0.305. The second kappa shape index (κ2) is 5.92. The molecule has 5 heteroatoms. The van der Waals surface area contributed by atoms with Gasteiger partial charge in [-0.2, -0.15) is 0 Å². The fraction of sp³-hybridized carbons (Fsp3) is 0.474. The second-order valence-corrected chi connectivity index (χ2v) is 7.59. The van der Waals surface area contributed by atoms with Crippen LogP contribution in [0.15, 0.2) is 17.1 Å². The van der Waals surface area contributed by atoms with Crippen molar-refractivity contribution in [3.8, 4) is 0 Å². The van der Waals surface area contributed by atoms with Gasteiger partial charge in [0.25, 0.3) is 5.56 Å². The number of hydrogen-bond acceptors (Lipinski definition) is 2. The number of H-pyrrole nitrogens is 1. The number of nitrogens with zero attached hydrogens (tertiary/aromatic N) is 1. The van der Waals surface area contributed by atoms with Crippen LogP contribution in [0.25, 0.3) is 0 Å². The first-order chi connectivity index (χ1) is 11.3. The van der Waals surface area contributed by atoms with Crippen molar-refractivity contribution in [3.05, 3.63) is 55.5 Å². The molecule has 1 N–H and O–H groups in total. The van der Waals surface area contributed by atoms with Crippen molar-refractivity contribution < 1.29 is 4.79 Å². The van der Waals surface area contributed by atoms with Crippen LogP contribution in [0, 0.1) is 6.92 Å². The van der Waals surface area contributed by atoms with Crippen molar-refractivity contribution in [2.24, 2.45) is 0 Å². The van der Waals surface area contributed by atoms with E-state index in [9.17, 15) is 9.59 Å². The van der Waals surface area contributed by atoms with E-state index < -0.39 is 0 Å². The van der Waals surface area contributed by atoms with Gasteiger partial charge in [0.2, 0.25) is 5.78 Å². The summed E-state index contributed by atoms with van der Waals surface area (Å²) in [4.78, 5) is 25.2. The summed E-state index contributed by atoms with van der Waals surface area (Å²) in [5.41, 5.74) is 3.63. The average molecular weight is 347 g/mol. The van der Waals surface area contributed by atoms with Gasteiger partial charge in [0, 0.05) is 18.3 Å². The zero-order chi connectivity index (χ0) is 17.6.